The van der Waals surface area contributed by atoms with Gasteiger partial charge in [-0.05, 0) is 66.1 Å². The molecule has 4 aromatic carbocycles. The van der Waals surface area contributed by atoms with Crippen molar-refractivity contribution >= 4 is 38.8 Å². The third-order valence-corrected chi connectivity index (χ3v) is 7.06. The van der Waals surface area contributed by atoms with E-state index in [-0.39, 0.29) is 0 Å². The van der Waals surface area contributed by atoms with Crippen LogP contribution in [0.5, 0.6) is 0 Å². The Morgan fingerprint density at radius 2 is 1.56 bits per heavy atom. The highest BCUT2D eigenvalue weighted by atomic mass is 15.0. The van der Waals surface area contributed by atoms with Gasteiger partial charge in [0.25, 0.3) is 0 Å². The molecule has 0 saturated heterocycles. The predicted octanol–water partition coefficient (Wildman–Crippen LogP) is 8.37. The molecule has 0 spiro atoms. The van der Waals surface area contributed by atoms with E-state index in [1.165, 1.54) is 66.3 Å². The number of hydrogen-bond acceptors (Lipinski definition) is 0. The van der Waals surface area contributed by atoms with E-state index < -0.39 is 0 Å². The maximum absolute atomic E-state index is 3.62. The summed E-state index contributed by atoms with van der Waals surface area (Å²) in [7, 11) is 0. The van der Waals surface area contributed by atoms with E-state index in [4.69, 9.17) is 0 Å². The fourth-order valence-electron chi connectivity index (χ4n) is 5.53. The molecule has 2 heteroatoms. The first-order valence-electron chi connectivity index (χ1n) is 11.9. The second-order valence-corrected chi connectivity index (χ2v) is 9.15. The van der Waals surface area contributed by atoms with Crippen molar-refractivity contribution in [2.45, 2.75) is 13.3 Å². The lowest BCUT2D eigenvalue weighted by Gasteiger charge is -2.11. The normalized spacial score (nSPS) is 13.1. The number of allylic oxidation sites excluding steroid dienone is 3. The fraction of sp³-hybridized carbons (Fsp3) is 0.0625. The quantitative estimate of drug-likeness (QED) is 0.281. The van der Waals surface area contributed by atoms with Gasteiger partial charge < -0.3 is 9.55 Å². The molecule has 1 aliphatic rings. The molecule has 0 fully saturated rings. The van der Waals surface area contributed by atoms with Crippen molar-refractivity contribution in [3.63, 3.8) is 0 Å². The molecule has 34 heavy (non-hydrogen) atoms. The van der Waals surface area contributed by atoms with Gasteiger partial charge in [0.15, 0.2) is 0 Å². The van der Waals surface area contributed by atoms with Crippen molar-refractivity contribution in [1.29, 1.82) is 0 Å². The molecule has 0 aliphatic heterocycles. The zero-order valence-corrected chi connectivity index (χ0v) is 19.0. The van der Waals surface area contributed by atoms with Crippen LogP contribution in [0.2, 0.25) is 0 Å². The molecule has 0 saturated carbocycles. The highest BCUT2D eigenvalue weighted by Gasteiger charge is 2.16. The zero-order valence-electron chi connectivity index (χ0n) is 19.0. The van der Waals surface area contributed by atoms with Crippen LogP contribution in [0, 0.1) is 6.92 Å². The van der Waals surface area contributed by atoms with Gasteiger partial charge in [-0.2, -0.15) is 0 Å². The van der Waals surface area contributed by atoms with E-state index in [2.05, 4.69) is 126 Å². The van der Waals surface area contributed by atoms with E-state index in [1.54, 1.807) is 0 Å². The van der Waals surface area contributed by atoms with Crippen LogP contribution in [0.3, 0.4) is 0 Å². The number of rotatable bonds is 2. The van der Waals surface area contributed by atoms with Crippen LogP contribution in [0.4, 0.5) is 0 Å². The molecule has 162 valence electrons. The van der Waals surface area contributed by atoms with Gasteiger partial charge in [0.1, 0.15) is 0 Å². The highest BCUT2D eigenvalue weighted by molar-refractivity contribution is 6.11. The molecule has 0 bridgehead atoms. The lowest BCUT2D eigenvalue weighted by molar-refractivity contribution is 1.17. The van der Waals surface area contributed by atoms with Gasteiger partial charge in [-0.25, -0.2) is 0 Å². The van der Waals surface area contributed by atoms with Gasteiger partial charge in [-0.1, -0.05) is 66.8 Å². The summed E-state index contributed by atoms with van der Waals surface area (Å²) in [5.74, 6) is 0. The summed E-state index contributed by atoms with van der Waals surface area (Å²) in [6.07, 6.45) is 9.64. The maximum Gasteiger partial charge on any atom is 0.0570 e. The summed E-state index contributed by atoms with van der Waals surface area (Å²) >= 11 is 0. The summed E-state index contributed by atoms with van der Waals surface area (Å²) in [5.41, 5.74) is 11.3. The standard InChI is InChI=1S/C32H24N2/c1-21-18-23(22-16-17-30-27(19-22)25-12-6-3-7-14-29(25)33-30)20-28-26-13-8-9-15-31(26)34(32(21)28)24-10-4-2-5-11-24/h2-13,15-20,33H,14H2,1H3. The predicted molar refractivity (Wildman–Crippen MR) is 145 cm³/mol. The van der Waals surface area contributed by atoms with Crippen LogP contribution in [-0.2, 0) is 6.42 Å². The second-order valence-electron chi connectivity index (χ2n) is 9.15. The molecule has 2 aromatic heterocycles. The molecule has 1 aliphatic carbocycles. The van der Waals surface area contributed by atoms with Gasteiger partial charge in [-0.15, -0.1) is 0 Å². The number of aromatic amines is 1. The minimum absolute atomic E-state index is 0.941. The van der Waals surface area contributed by atoms with Crippen LogP contribution in [0.15, 0.2) is 103 Å². The Hall–Kier alpha value is -4.30. The Morgan fingerprint density at radius 1 is 0.735 bits per heavy atom. The van der Waals surface area contributed by atoms with E-state index in [9.17, 15) is 0 Å². The van der Waals surface area contributed by atoms with Crippen LogP contribution >= 0.6 is 0 Å². The zero-order chi connectivity index (χ0) is 22.6. The second kappa shape index (κ2) is 7.36. The van der Waals surface area contributed by atoms with Crippen LogP contribution in [0.25, 0.3) is 55.6 Å². The van der Waals surface area contributed by atoms with Gasteiger partial charge in [-0.3, -0.25) is 0 Å². The van der Waals surface area contributed by atoms with Crippen molar-refractivity contribution in [2.24, 2.45) is 0 Å². The van der Waals surface area contributed by atoms with Gasteiger partial charge in [0.05, 0.1) is 11.0 Å². The number of nitrogens with one attached hydrogen (secondary N) is 1. The first-order valence-corrected chi connectivity index (χ1v) is 11.9. The smallest absolute Gasteiger partial charge is 0.0570 e. The minimum Gasteiger partial charge on any atom is -0.358 e. The molecule has 0 atom stereocenters. The Kier molecular flexibility index (Phi) is 4.16. The van der Waals surface area contributed by atoms with E-state index in [1.807, 2.05) is 0 Å². The fourth-order valence-corrected chi connectivity index (χ4v) is 5.53. The maximum atomic E-state index is 3.62. The number of hydrogen-bond donors (Lipinski definition) is 1. The van der Waals surface area contributed by atoms with Gasteiger partial charge >= 0.3 is 0 Å². The summed E-state index contributed by atoms with van der Waals surface area (Å²) in [6, 6.07) is 30.9. The van der Waals surface area contributed by atoms with Crippen LogP contribution in [-0.4, -0.2) is 9.55 Å². The van der Waals surface area contributed by atoms with Crippen LogP contribution in [0.1, 0.15) is 16.8 Å². The van der Waals surface area contributed by atoms with Crippen molar-refractivity contribution in [2.75, 3.05) is 0 Å². The van der Waals surface area contributed by atoms with Crippen LogP contribution < -0.4 is 0 Å². The molecule has 0 amide bonds. The number of fused-ring (bicyclic) bond motifs is 6. The number of aromatic nitrogens is 2. The SMILES string of the molecule is Cc1cc(-c2ccc3[nH]c4c(c3c2)C=CC=CC4)cc2c3ccccc3n(-c3ccccc3)c12. The third-order valence-electron chi connectivity index (χ3n) is 7.06. The number of nitrogens with zero attached hydrogens (tertiary/aromatic N) is 1. The molecular formula is C32H24N2. The first-order chi connectivity index (χ1) is 16.8. The van der Waals surface area contributed by atoms with E-state index >= 15 is 0 Å². The van der Waals surface area contributed by atoms with Crippen molar-refractivity contribution < 1.29 is 0 Å². The first kappa shape index (κ1) is 19.2. The average Bonchev–Trinajstić information content (AvgIpc) is 3.30. The third kappa shape index (κ3) is 2.82. The summed E-state index contributed by atoms with van der Waals surface area (Å²) < 4.78 is 2.40. The number of aryl methyl sites for hydroxylation is 1. The number of benzene rings is 4. The van der Waals surface area contributed by atoms with Crippen molar-refractivity contribution in [3.8, 4) is 16.8 Å². The monoisotopic (exact) mass is 436 g/mol. The average molecular weight is 437 g/mol. The van der Waals surface area contributed by atoms with E-state index in [0.29, 0.717) is 0 Å². The van der Waals surface area contributed by atoms with Crippen molar-refractivity contribution in [3.05, 3.63) is 120 Å². The molecule has 1 N–H and O–H groups in total. The number of para-hydroxylation sites is 2. The Labute approximate surface area is 198 Å². The summed E-state index contributed by atoms with van der Waals surface area (Å²) in [4.78, 5) is 3.62. The molecular weight excluding hydrogens is 412 g/mol. The van der Waals surface area contributed by atoms with Crippen molar-refractivity contribution in [1.82, 2.24) is 9.55 Å². The molecule has 2 nitrogen and oxygen atoms in total. The molecule has 0 radical (unpaired) electrons. The largest absolute Gasteiger partial charge is 0.358 e. The molecule has 0 unspecified atom stereocenters. The molecule has 7 rings (SSSR count). The van der Waals surface area contributed by atoms with Gasteiger partial charge in [0.2, 0.25) is 0 Å². The Morgan fingerprint density at radius 3 is 2.47 bits per heavy atom. The Bertz CT molecular complexity index is 1770. The minimum atomic E-state index is 0.941. The Balaban J connectivity index is 1.49. The lowest BCUT2D eigenvalue weighted by atomic mass is 9.97. The topological polar surface area (TPSA) is 20.7 Å². The van der Waals surface area contributed by atoms with E-state index in [0.717, 1.165) is 6.42 Å². The molecule has 6 aromatic rings. The lowest BCUT2D eigenvalue weighted by Crippen LogP contribution is -1.95. The summed E-state index contributed by atoms with van der Waals surface area (Å²) in [6.45, 7) is 2.24. The van der Waals surface area contributed by atoms with Gasteiger partial charge in [0, 0.05) is 45.0 Å². The highest BCUT2D eigenvalue weighted by Crippen LogP contribution is 2.38. The summed E-state index contributed by atoms with van der Waals surface area (Å²) in [5, 5.41) is 3.88. The number of H-pyrrole nitrogens is 1. The molecule has 2 heterocycles.